The molecule has 2 aromatic heterocycles. The Morgan fingerprint density at radius 1 is 1.06 bits per heavy atom. The lowest BCUT2D eigenvalue weighted by Crippen LogP contribution is -2.24. The summed E-state index contributed by atoms with van der Waals surface area (Å²) in [5.74, 6) is 0.912. The van der Waals surface area contributed by atoms with E-state index in [0.29, 0.717) is 17.1 Å². The summed E-state index contributed by atoms with van der Waals surface area (Å²) >= 11 is 0. The van der Waals surface area contributed by atoms with Gasteiger partial charge >= 0.3 is 0 Å². The molecule has 32 heavy (non-hydrogen) atoms. The third-order valence-corrected chi connectivity index (χ3v) is 6.28. The van der Waals surface area contributed by atoms with Gasteiger partial charge < -0.3 is 14.2 Å². The Morgan fingerprint density at radius 2 is 1.84 bits per heavy atom. The molecule has 2 N–H and O–H groups in total. The monoisotopic (exact) mass is 450 g/mol. The van der Waals surface area contributed by atoms with E-state index in [1.54, 1.807) is 30.3 Å². The SMILES string of the molecule is CC(NC(=O)/C=C/c1ccc(S(=O)(=O)NCc2ccco2)cc1)c1cc2ccccc2o1. The van der Waals surface area contributed by atoms with Gasteiger partial charge in [0.2, 0.25) is 15.9 Å². The highest BCUT2D eigenvalue weighted by molar-refractivity contribution is 7.89. The zero-order valence-corrected chi connectivity index (χ0v) is 18.1. The molecule has 2 aromatic carbocycles. The molecule has 8 heteroatoms. The van der Waals surface area contributed by atoms with Gasteiger partial charge in [-0.15, -0.1) is 0 Å². The van der Waals surface area contributed by atoms with E-state index in [4.69, 9.17) is 8.83 Å². The van der Waals surface area contributed by atoms with Crippen molar-refractivity contribution in [1.82, 2.24) is 10.0 Å². The van der Waals surface area contributed by atoms with E-state index in [2.05, 4.69) is 10.0 Å². The minimum absolute atomic E-state index is 0.0700. The molecule has 1 unspecified atom stereocenters. The largest absolute Gasteiger partial charge is 0.468 e. The van der Waals surface area contributed by atoms with Crippen LogP contribution >= 0.6 is 0 Å². The fourth-order valence-electron chi connectivity index (χ4n) is 3.14. The number of carbonyl (C=O) groups is 1. The van der Waals surface area contributed by atoms with Crippen LogP contribution in [0.4, 0.5) is 0 Å². The molecular formula is C24H22N2O5S. The van der Waals surface area contributed by atoms with Gasteiger partial charge in [0.1, 0.15) is 17.1 Å². The second-order valence-electron chi connectivity index (χ2n) is 7.22. The minimum Gasteiger partial charge on any atom is -0.468 e. The maximum atomic E-state index is 12.4. The van der Waals surface area contributed by atoms with E-state index in [9.17, 15) is 13.2 Å². The molecule has 0 saturated heterocycles. The van der Waals surface area contributed by atoms with Crippen molar-refractivity contribution < 1.29 is 22.0 Å². The predicted octanol–water partition coefficient (Wildman–Crippen LogP) is 4.39. The Labute approximate surface area is 185 Å². The summed E-state index contributed by atoms with van der Waals surface area (Å²) in [6.07, 6.45) is 4.50. The first-order chi connectivity index (χ1) is 15.4. The number of fused-ring (bicyclic) bond motifs is 1. The van der Waals surface area contributed by atoms with E-state index in [-0.39, 0.29) is 23.4 Å². The second-order valence-corrected chi connectivity index (χ2v) is 8.99. The molecule has 0 saturated carbocycles. The summed E-state index contributed by atoms with van der Waals surface area (Å²) in [7, 11) is -3.67. The van der Waals surface area contributed by atoms with Crippen molar-refractivity contribution in [1.29, 1.82) is 0 Å². The van der Waals surface area contributed by atoms with Gasteiger partial charge in [-0.25, -0.2) is 13.1 Å². The van der Waals surface area contributed by atoms with E-state index < -0.39 is 10.0 Å². The number of hydrogen-bond donors (Lipinski definition) is 2. The quantitative estimate of drug-likeness (QED) is 0.388. The first kappa shape index (κ1) is 21.6. The Hall–Kier alpha value is -3.62. The van der Waals surface area contributed by atoms with Crippen LogP contribution in [-0.4, -0.2) is 14.3 Å². The van der Waals surface area contributed by atoms with Crippen molar-refractivity contribution in [3.63, 3.8) is 0 Å². The van der Waals surface area contributed by atoms with Crippen LogP contribution in [0.3, 0.4) is 0 Å². The first-order valence-corrected chi connectivity index (χ1v) is 11.5. The summed E-state index contributed by atoms with van der Waals surface area (Å²) in [5, 5.41) is 3.84. The zero-order valence-electron chi connectivity index (χ0n) is 17.3. The van der Waals surface area contributed by atoms with E-state index in [0.717, 1.165) is 11.0 Å². The lowest BCUT2D eigenvalue weighted by Gasteiger charge is -2.09. The number of sulfonamides is 1. The normalized spacial score (nSPS) is 12.9. The first-order valence-electron chi connectivity index (χ1n) is 10.00. The smallest absolute Gasteiger partial charge is 0.244 e. The summed E-state index contributed by atoms with van der Waals surface area (Å²) in [6, 6.07) is 18.9. The van der Waals surface area contributed by atoms with Crippen LogP contribution in [0.25, 0.3) is 17.0 Å². The van der Waals surface area contributed by atoms with Crippen LogP contribution in [0.1, 0.15) is 30.0 Å². The molecule has 0 aliphatic rings. The molecule has 4 aromatic rings. The molecule has 164 valence electrons. The molecule has 4 rings (SSSR count). The third kappa shape index (κ3) is 5.16. The third-order valence-electron chi connectivity index (χ3n) is 4.86. The zero-order chi connectivity index (χ0) is 22.6. The summed E-state index contributed by atoms with van der Waals surface area (Å²) in [6.45, 7) is 1.92. The van der Waals surface area contributed by atoms with Gasteiger partial charge in [0.25, 0.3) is 0 Å². The Balaban J connectivity index is 1.35. The maximum Gasteiger partial charge on any atom is 0.244 e. The van der Waals surface area contributed by atoms with Crippen LogP contribution < -0.4 is 10.0 Å². The van der Waals surface area contributed by atoms with E-state index in [1.807, 2.05) is 37.3 Å². The minimum atomic E-state index is -3.67. The van der Waals surface area contributed by atoms with Gasteiger partial charge in [-0.05, 0) is 55.0 Å². The molecule has 7 nitrogen and oxygen atoms in total. The highest BCUT2D eigenvalue weighted by atomic mass is 32.2. The number of carbonyl (C=O) groups excluding carboxylic acids is 1. The van der Waals surface area contributed by atoms with Gasteiger partial charge in [0.05, 0.1) is 23.7 Å². The summed E-state index contributed by atoms with van der Waals surface area (Å²) in [5.41, 5.74) is 1.47. The topological polar surface area (TPSA) is 102 Å². The molecular weight excluding hydrogens is 428 g/mol. The maximum absolute atomic E-state index is 12.4. The van der Waals surface area contributed by atoms with Crippen LogP contribution in [0, 0.1) is 0 Å². The molecule has 0 radical (unpaired) electrons. The van der Waals surface area contributed by atoms with Crippen LogP contribution in [-0.2, 0) is 21.4 Å². The van der Waals surface area contributed by atoms with Crippen LogP contribution in [0.2, 0.25) is 0 Å². The highest BCUT2D eigenvalue weighted by Gasteiger charge is 2.15. The van der Waals surface area contributed by atoms with Gasteiger partial charge in [0.15, 0.2) is 0 Å². The van der Waals surface area contributed by atoms with E-state index >= 15 is 0 Å². The lowest BCUT2D eigenvalue weighted by atomic mass is 10.2. The molecule has 0 aliphatic heterocycles. The number of rotatable bonds is 8. The molecule has 0 aliphatic carbocycles. The number of nitrogens with one attached hydrogen (secondary N) is 2. The Kier molecular flexibility index (Phi) is 6.25. The average Bonchev–Trinajstić information content (AvgIpc) is 3.46. The fraction of sp³-hybridized carbons (Fsp3) is 0.125. The molecule has 0 bridgehead atoms. The summed E-state index contributed by atoms with van der Waals surface area (Å²) in [4.78, 5) is 12.4. The van der Waals surface area contributed by atoms with Gasteiger partial charge in [0, 0.05) is 11.5 Å². The number of benzene rings is 2. The Morgan fingerprint density at radius 3 is 2.56 bits per heavy atom. The number of para-hydroxylation sites is 1. The molecule has 1 atom stereocenters. The predicted molar refractivity (Wildman–Crippen MR) is 121 cm³/mol. The molecule has 2 heterocycles. The summed E-state index contributed by atoms with van der Waals surface area (Å²) < 4.78 is 38.1. The fourth-order valence-corrected chi connectivity index (χ4v) is 4.13. The molecule has 0 fully saturated rings. The van der Waals surface area contributed by atoms with Gasteiger partial charge in [-0.1, -0.05) is 30.3 Å². The van der Waals surface area contributed by atoms with Crippen LogP contribution in [0.15, 0.2) is 92.8 Å². The number of amides is 1. The molecule has 1 amide bonds. The van der Waals surface area contributed by atoms with E-state index in [1.165, 1.54) is 24.5 Å². The van der Waals surface area contributed by atoms with Gasteiger partial charge in [-0.2, -0.15) is 0 Å². The van der Waals surface area contributed by atoms with Crippen molar-refractivity contribution in [3.8, 4) is 0 Å². The van der Waals surface area contributed by atoms with Crippen molar-refractivity contribution >= 4 is 33.0 Å². The standard InChI is InChI=1S/C24H22N2O5S/c1-17(23-15-19-5-2-3-7-22(19)31-23)26-24(27)13-10-18-8-11-21(12-9-18)32(28,29)25-16-20-6-4-14-30-20/h2-15,17,25H,16H2,1H3,(H,26,27)/b13-10+. The van der Waals surface area contributed by atoms with Crippen LogP contribution in [0.5, 0.6) is 0 Å². The average molecular weight is 451 g/mol. The Bertz CT molecular complexity index is 1300. The van der Waals surface area contributed by atoms with Crippen molar-refractivity contribution in [3.05, 3.63) is 96.2 Å². The second kappa shape index (κ2) is 9.25. The van der Waals surface area contributed by atoms with Crippen molar-refractivity contribution in [2.24, 2.45) is 0 Å². The number of hydrogen-bond acceptors (Lipinski definition) is 5. The number of furan rings is 2. The lowest BCUT2D eigenvalue weighted by molar-refractivity contribution is -0.117. The van der Waals surface area contributed by atoms with Crippen molar-refractivity contribution in [2.45, 2.75) is 24.4 Å². The highest BCUT2D eigenvalue weighted by Crippen LogP contribution is 2.23. The van der Waals surface area contributed by atoms with Crippen molar-refractivity contribution in [2.75, 3.05) is 0 Å². The molecule has 0 spiro atoms. The van der Waals surface area contributed by atoms with Gasteiger partial charge in [-0.3, -0.25) is 4.79 Å².